The minimum absolute atomic E-state index is 0.0858. The van der Waals surface area contributed by atoms with E-state index in [4.69, 9.17) is 4.74 Å². The molecule has 1 N–H and O–H groups in total. The van der Waals surface area contributed by atoms with E-state index in [-0.39, 0.29) is 23.4 Å². The summed E-state index contributed by atoms with van der Waals surface area (Å²) in [5.74, 6) is -0.558. The summed E-state index contributed by atoms with van der Waals surface area (Å²) >= 11 is 0. The molecule has 1 saturated carbocycles. The second-order valence-corrected chi connectivity index (χ2v) is 8.03. The number of benzene rings is 1. The lowest BCUT2D eigenvalue weighted by atomic mass is 10.3. The highest BCUT2D eigenvalue weighted by Crippen LogP contribution is 2.38. The fraction of sp³-hybridized carbons (Fsp3) is 0.529. The van der Waals surface area contributed by atoms with Crippen LogP contribution in [0, 0.1) is 11.8 Å². The number of ether oxygens (including phenoxy) is 1. The highest BCUT2D eigenvalue weighted by atomic mass is 32.2. The van der Waals surface area contributed by atoms with Crippen molar-refractivity contribution in [1.29, 1.82) is 0 Å². The molecule has 2 atom stereocenters. The van der Waals surface area contributed by atoms with Gasteiger partial charge in [0.2, 0.25) is 10.0 Å². The van der Waals surface area contributed by atoms with Crippen molar-refractivity contribution in [3.05, 3.63) is 24.3 Å². The van der Waals surface area contributed by atoms with Crippen LogP contribution in [0.15, 0.2) is 29.2 Å². The molecule has 0 heterocycles. The van der Waals surface area contributed by atoms with Gasteiger partial charge in [-0.15, -0.1) is 0 Å². The summed E-state index contributed by atoms with van der Waals surface area (Å²) in [5, 5.41) is 2.58. The molecule has 25 heavy (non-hydrogen) atoms. The predicted octanol–water partition coefficient (Wildman–Crippen LogP) is 1.85. The summed E-state index contributed by atoms with van der Waals surface area (Å²) in [6.07, 6.45) is 0.808. The van der Waals surface area contributed by atoms with Gasteiger partial charge in [-0.3, -0.25) is 9.59 Å². The molecule has 0 radical (unpaired) electrons. The van der Waals surface area contributed by atoms with Crippen molar-refractivity contribution < 1.29 is 22.7 Å². The van der Waals surface area contributed by atoms with Crippen LogP contribution in [0.4, 0.5) is 5.69 Å². The van der Waals surface area contributed by atoms with E-state index in [1.165, 1.54) is 28.6 Å². The van der Waals surface area contributed by atoms with Crippen LogP contribution in [0.3, 0.4) is 0 Å². The van der Waals surface area contributed by atoms with Crippen molar-refractivity contribution in [2.24, 2.45) is 11.8 Å². The number of nitrogens with one attached hydrogen (secondary N) is 1. The number of hydrogen-bond donors (Lipinski definition) is 1. The third kappa shape index (κ3) is 4.79. The van der Waals surface area contributed by atoms with Crippen LogP contribution in [0.5, 0.6) is 0 Å². The monoisotopic (exact) mass is 368 g/mol. The van der Waals surface area contributed by atoms with Crippen LogP contribution in [0.2, 0.25) is 0 Å². The summed E-state index contributed by atoms with van der Waals surface area (Å²) in [5.41, 5.74) is 0.444. The Morgan fingerprint density at radius 3 is 2.24 bits per heavy atom. The molecule has 7 nitrogen and oxygen atoms in total. The summed E-state index contributed by atoms with van der Waals surface area (Å²) in [7, 11) is -3.52. The van der Waals surface area contributed by atoms with E-state index in [0.717, 1.165) is 6.42 Å². The first kappa shape index (κ1) is 19.4. The standard InChI is InChI=1S/C17H24N2O5S/c1-4-19(5-2)25(22,23)14-8-6-13(7-9-14)18-16(20)11-24-17(21)15-10-12(15)3/h6-9,12,15H,4-5,10-11H2,1-3H3,(H,18,20)/t12-,15+/m1/s1. The number of amides is 1. The zero-order valence-corrected chi connectivity index (χ0v) is 15.5. The number of sulfonamides is 1. The van der Waals surface area contributed by atoms with E-state index in [1.807, 2.05) is 6.92 Å². The molecular formula is C17H24N2O5S. The van der Waals surface area contributed by atoms with Gasteiger partial charge in [0.25, 0.3) is 5.91 Å². The summed E-state index contributed by atoms with van der Waals surface area (Å²) in [4.78, 5) is 23.6. The maximum atomic E-state index is 12.4. The Morgan fingerprint density at radius 2 is 1.76 bits per heavy atom. The van der Waals surface area contributed by atoms with Gasteiger partial charge in [0.15, 0.2) is 6.61 Å². The SMILES string of the molecule is CCN(CC)S(=O)(=O)c1ccc(NC(=O)COC(=O)[C@H]2C[C@H]2C)cc1. The van der Waals surface area contributed by atoms with Crippen molar-refractivity contribution in [2.45, 2.75) is 32.1 Å². The second kappa shape index (κ2) is 7.97. The molecule has 0 aliphatic heterocycles. The van der Waals surface area contributed by atoms with Crippen LogP contribution in [0.1, 0.15) is 27.2 Å². The van der Waals surface area contributed by atoms with Crippen molar-refractivity contribution >= 4 is 27.6 Å². The van der Waals surface area contributed by atoms with Crippen molar-refractivity contribution in [3.8, 4) is 0 Å². The molecule has 1 aliphatic carbocycles. The average Bonchev–Trinajstić information content (AvgIpc) is 3.31. The van der Waals surface area contributed by atoms with E-state index in [9.17, 15) is 18.0 Å². The van der Waals surface area contributed by atoms with E-state index in [1.54, 1.807) is 13.8 Å². The van der Waals surface area contributed by atoms with Gasteiger partial charge in [-0.2, -0.15) is 4.31 Å². The van der Waals surface area contributed by atoms with Crippen molar-refractivity contribution in [2.75, 3.05) is 25.0 Å². The third-order valence-corrected chi connectivity index (χ3v) is 6.30. The van der Waals surface area contributed by atoms with Gasteiger partial charge < -0.3 is 10.1 Å². The molecule has 1 fully saturated rings. The van der Waals surface area contributed by atoms with E-state index in [2.05, 4.69) is 5.32 Å². The number of esters is 1. The first-order valence-corrected chi connectivity index (χ1v) is 9.80. The maximum Gasteiger partial charge on any atom is 0.309 e. The molecule has 0 aromatic heterocycles. The van der Waals surface area contributed by atoms with Crippen LogP contribution >= 0.6 is 0 Å². The minimum Gasteiger partial charge on any atom is -0.455 e. The van der Waals surface area contributed by atoms with E-state index in [0.29, 0.717) is 24.7 Å². The number of carbonyl (C=O) groups excluding carboxylic acids is 2. The normalized spacial score (nSPS) is 19.5. The molecule has 8 heteroatoms. The number of carbonyl (C=O) groups is 2. The Morgan fingerprint density at radius 1 is 1.20 bits per heavy atom. The quantitative estimate of drug-likeness (QED) is 0.707. The smallest absolute Gasteiger partial charge is 0.309 e. The predicted molar refractivity (Wildman–Crippen MR) is 93.4 cm³/mol. The molecule has 0 saturated heterocycles. The van der Waals surface area contributed by atoms with Gasteiger partial charge in [0, 0.05) is 18.8 Å². The molecule has 0 spiro atoms. The molecule has 138 valence electrons. The van der Waals surface area contributed by atoms with Gasteiger partial charge in [-0.25, -0.2) is 8.42 Å². The summed E-state index contributed by atoms with van der Waals surface area (Å²) in [6.45, 7) is 5.95. The molecular weight excluding hydrogens is 344 g/mol. The molecule has 0 unspecified atom stereocenters. The summed E-state index contributed by atoms with van der Waals surface area (Å²) < 4.78 is 31.1. The Balaban J connectivity index is 1.91. The average molecular weight is 368 g/mol. The number of hydrogen-bond acceptors (Lipinski definition) is 5. The van der Waals surface area contributed by atoms with Gasteiger partial charge >= 0.3 is 5.97 Å². The lowest BCUT2D eigenvalue weighted by Crippen LogP contribution is -2.30. The number of rotatable bonds is 8. The van der Waals surface area contributed by atoms with Gasteiger partial charge in [0.1, 0.15) is 0 Å². The largest absolute Gasteiger partial charge is 0.455 e. The highest BCUT2D eigenvalue weighted by Gasteiger charge is 2.40. The third-order valence-electron chi connectivity index (χ3n) is 4.24. The molecule has 1 aromatic rings. The van der Waals surface area contributed by atoms with E-state index < -0.39 is 15.9 Å². The number of anilines is 1. The Bertz CT molecular complexity index is 726. The fourth-order valence-corrected chi connectivity index (χ4v) is 3.97. The Hall–Kier alpha value is -1.93. The van der Waals surface area contributed by atoms with Crippen LogP contribution in [0.25, 0.3) is 0 Å². The topological polar surface area (TPSA) is 92.8 Å². The first-order valence-electron chi connectivity index (χ1n) is 8.36. The van der Waals surface area contributed by atoms with Gasteiger partial charge in [-0.1, -0.05) is 20.8 Å². The van der Waals surface area contributed by atoms with E-state index >= 15 is 0 Å². The molecule has 1 amide bonds. The molecule has 2 rings (SSSR count). The number of nitrogens with zero attached hydrogens (tertiary/aromatic N) is 1. The first-order chi connectivity index (χ1) is 11.8. The second-order valence-electron chi connectivity index (χ2n) is 6.09. The summed E-state index contributed by atoms with van der Waals surface area (Å²) in [6, 6.07) is 5.92. The Labute approximate surface area is 148 Å². The van der Waals surface area contributed by atoms with Crippen molar-refractivity contribution in [1.82, 2.24) is 4.31 Å². The lowest BCUT2D eigenvalue weighted by Gasteiger charge is -2.18. The van der Waals surface area contributed by atoms with Crippen LogP contribution < -0.4 is 5.32 Å². The Kier molecular flexibility index (Phi) is 6.18. The zero-order valence-electron chi connectivity index (χ0n) is 14.7. The van der Waals surface area contributed by atoms with Crippen molar-refractivity contribution in [3.63, 3.8) is 0 Å². The molecule has 0 bridgehead atoms. The lowest BCUT2D eigenvalue weighted by molar-refractivity contribution is -0.148. The molecule has 1 aliphatic rings. The maximum absolute atomic E-state index is 12.4. The zero-order chi connectivity index (χ0) is 18.6. The van der Waals surface area contributed by atoms with Gasteiger partial charge in [-0.05, 0) is 36.6 Å². The van der Waals surface area contributed by atoms with Crippen LogP contribution in [-0.4, -0.2) is 44.3 Å². The molecule has 1 aromatic carbocycles. The fourth-order valence-electron chi connectivity index (χ4n) is 2.51. The van der Waals surface area contributed by atoms with Gasteiger partial charge in [0.05, 0.1) is 10.8 Å². The highest BCUT2D eigenvalue weighted by molar-refractivity contribution is 7.89. The minimum atomic E-state index is -3.52. The van der Waals surface area contributed by atoms with Crippen LogP contribution in [-0.2, 0) is 24.3 Å².